The van der Waals surface area contributed by atoms with Gasteiger partial charge in [0.25, 0.3) is 0 Å². The first-order valence-corrected chi connectivity index (χ1v) is 15.3. The molecule has 45 heavy (non-hydrogen) atoms. The van der Waals surface area contributed by atoms with Crippen molar-refractivity contribution >= 4 is 17.6 Å². The van der Waals surface area contributed by atoms with E-state index in [4.69, 9.17) is 14.2 Å². The van der Waals surface area contributed by atoms with Crippen LogP contribution in [0.5, 0.6) is 17.2 Å². The monoisotopic (exact) mass is 610 g/mol. The molecule has 1 atom stereocenters. The van der Waals surface area contributed by atoms with Crippen LogP contribution in [0.25, 0.3) is 0 Å². The number of carbonyl (C=O) groups excluding carboxylic acids is 1. The lowest BCUT2D eigenvalue weighted by molar-refractivity contribution is 0.133. The van der Waals surface area contributed by atoms with E-state index in [2.05, 4.69) is 32.1 Å². The third-order valence-corrected chi connectivity index (χ3v) is 7.99. The number of benzene rings is 3. The minimum absolute atomic E-state index is 0.233. The van der Waals surface area contributed by atoms with Gasteiger partial charge < -0.3 is 24.4 Å². The first kappa shape index (κ1) is 31.7. The largest absolute Gasteiger partial charge is 0.493 e. The van der Waals surface area contributed by atoms with Gasteiger partial charge in [-0.05, 0) is 55.8 Å². The molecule has 2 heterocycles. The predicted molar refractivity (Wildman–Crippen MR) is 177 cm³/mol. The summed E-state index contributed by atoms with van der Waals surface area (Å²) in [6, 6.07) is 23.0. The molecule has 5 rings (SSSR count). The van der Waals surface area contributed by atoms with Crippen molar-refractivity contribution in [1.82, 2.24) is 19.8 Å². The Morgan fingerprint density at radius 2 is 1.71 bits per heavy atom. The van der Waals surface area contributed by atoms with Crippen LogP contribution < -0.4 is 24.4 Å². The molecule has 1 fully saturated rings. The number of amides is 1. The molecule has 10 heteroatoms. The van der Waals surface area contributed by atoms with E-state index in [0.29, 0.717) is 29.7 Å². The maximum Gasteiger partial charge on any atom is 0.421 e. The van der Waals surface area contributed by atoms with Crippen molar-refractivity contribution in [2.75, 3.05) is 70.2 Å². The number of methoxy groups -OCH3 is 1. The van der Waals surface area contributed by atoms with Crippen molar-refractivity contribution in [3.63, 3.8) is 0 Å². The van der Waals surface area contributed by atoms with E-state index in [9.17, 15) is 4.79 Å². The number of rotatable bonds is 12. The molecule has 0 saturated carbocycles. The Labute approximate surface area is 265 Å². The van der Waals surface area contributed by atoms with Crippen LogP contribution in [0.15, 0.2) is 85.3 Å². The van der Waals surface area contributed by atoms with Gasteiger partial charge in [-0.15, -0.1) is 0 Å². The highest BCUT2D eigenvalue weighted by atomic mass is 16.6. The quantitative estimate of drug-likeness (QED) is 0.221. The molecule has 236 valence electrons. The minimum atomic E-state index is -0.532. The fraction of sp³-hybridized carbons (Fsp3) is 0.343. The van der Waals surface area contributed by atoms with E-state index in [1.165, 1.54) is 11.2 Å². The Bertz CT molecular complexity index is 1510. The van der Waals surface area contributed by atoms with Crippen LogP contribution in [-0.2, 0) is 0 Å². The Morgan fingerprint density at radius 3 is 2.40 bits per heavy atom. The summed E-state index contributed by atoms with van der Waals surface area (Å²) in [6.07, 6.45) is 2.50. The lowest BCUT2D eigenvalue weighted by atomic mass is 10.1. The zero-order valence-corrected chi connectivity index (χ0v) is 26.5. The zero-order chi connectivity index (χ0) is 31.6. The zero-order valence-electron chi connectivity index (χ0n) is 26.5. The van der Waals surface area contributed by atoms with Crippen molar-refractivity contribution in [3.8, 4) is 17.2 Å². The molecule has 1 N–H and O–H groups in total. The van der Waals surface area contributed by atoms with Crippen molar-refractivity contribution in [3.05, 3.63) is 102 Å². The van der Waals surface area contributed by atoms with Gasteiger partial charge in [0.05, 0.1) is 19.7 Å². The van der Waals surface area contributed by atoms with E-state index in [0.717, 1.165) is 55.1 Å². The summed E-state index contributed by atoms with van der Waals surface area (Å²) in [5.74, 6) is 2.30. The Kier molecular flexibility index (Phi) is 10.8. The SMILES string of the molecule is COc1cc(NC(CN(C(=O)Oc2c(C)cccc2C)c2ccncn2)c2ccccc2)ccc1OCCN1CCN(C)CC1. The van der Waals surface area contributed by atoms with Gasteiger partial charge in [-0.3, -0.25) is 9.80 Å². The summed E-state index contributed by atoms with van der Waals surface area (Å²) in [5.41, 5.74) is 3.56. The minimum Gasteiger partial charge on any atom is -0.493 e. The van der Waals surface area contributed by atoms with E-state index >= 15 is 0 Å². The van der Waals surface area contributed by atoms with Crippen molar-refractivity contribution in [2.24, 2.45) is 0 Å². The van der Waals surface area contributed by atoms with Gasteiger partial charge >= 0.3 is 6.09 Å². The number of hydrogen-bond donors (Lipinski definition) is 1. The summed E-state index contributed by atoms with van der Waals surface area (Å²) in [7, 11) is 3.80. The topological polar surface area (TPSA) is 92.3 Å². The van der Waals surface area contributed by atoms with E-state index in [1.807, 2.05) is 80.6 Å². The number of piperazine rings is 1. The molecule has 0 aliphatic carbocycles. The number of nitrogens with one attached hydrogen (secondary N) is 1. The molecule has 10 nitrogen and oxygen atoms in total. The number of carbonyl (C=O) groups is 1. The predicted octanol–water partition coefficient (Wildman–Crippen LogP) is 5.59. The lowest BCUT2D eigenvalue weighted by Gasteiger charge is -2.32. The van der Waals surface area contributed by atoms with Crippen LogP contribution in [0.1, 0.15) is 22.7 Å². The number of likely N-dealkylation sites (N-methyl/N-ethyl adjacent to an activating group) is 1. The van der Waals surface area contributed by atoms with Crippen LogP contribution in [0, 0.1) is 13.8 Å². The molecule has 0 radical (unpaired) electrons. The smallest absolute Gasteiger partial charge is 0.421 e. The lowest BCUT2D eigenvalue weighted by Crippen LogP contribution is -2.45. The summed E-state index contributed by atoms with van der Waals surface area (Å²) >= 11 is 0. The molecule has 0 spiro atoms. The van der Waals surface area contributed by atoms with Gasteiger partial charge in [0.15, 0.2) is 11.5 Å². The Morgan fingerprint density at radius 1 is 0.956 bits per heavy atom. The maximum absolute atomic E-state index is 13.8. The molecule has 1 aliphatic rings. The van der Waals surface area contributed by atoms with Gasteiger partial charge in [0, 0.05) is 50.7 Å². The molecule has 1 saturated heterocycles. The van der Waals surface area contributed by atoms with E-state index in [1.54, 1.807) is 19.4 Å². The summed E-state index contributed by atoms with van der Waals surface area (Å²) in [4.78, 5) is 28.5. The average Bonchev–Trinajstić information content (AvgIpc) is 3.07. The van der Waals surface area contributed by atoms with Crippen LogP contribution in [0.3, 0.4) is 0 Å². The first-order chi connectivity index (χ1) is 21.9. The number of nitrogens with zero attached hydrogens (tertiary/aromatic N) is 5. The van der Waals surface area contributed by atoms with Gasteiger partial charge in [0.1, 0.15) is 24.5 Å². The number of anilines is 2. The molecule has 0 bridgehead atoms. The third-order valence-electron chi connectivity index (χ3n) is 7.99. The molecule has 1 unspecified atom stereocenters. The van der Waals surface area contributed by atoms with Gasteiger partial charge in [-0.2, -0.15) is 0 Å². The highest BCUT2D eigenvalue weighted by Gasteiger charge is 2.26. The van der Waals surface area contributed by atoms with Crippen molar-refractivity contribution in [1.29, 1.82) is 0 Å². The average molecular weight is 611 g/mol. The third kappa shape index (κ3) is 8.49. The van der Waals surface area contributed by atoms with Gasteiger partial charge in [-0.25, -0.2) is 14.8 Å². The number of aryl methyl sites for hydroxylation is 2. The highest BCUT2D eigenvalue weighted by Crippen LogP contribution is 2.33. The molecular weight excluding hydrogens is 568 g/mol. The van der Waals surface area contributed by atoms with E-state index < -0.39 is 6.09 Å². The van der Waals surface area contributed by atoms with Gasteiger partial charge in [0.2, 0.25) is 0 Å². The number of para-hydroxylation sites is 1. The highest BCUT2D eigenvalue weighted by molar-refractivity contribution is 5.88. The maximum atomic E-state index is 13.8. The molecule has 1 amide bonds. The number of hydrogen-bond acceptors (Lipinski definition) is 9. The summed E-state index contributed by atoms with van der Waals surface area (Å²) in [5, 5.41) is 3.61. The molecule has 3 aromatic carbocycles. The fourth-order valence-electron chi connectivity index (χ4n) is 5.34. The molecule has 1 aliphatic heterocycles. The molecular formula is C35H42N6O4. The second-order valence-electron chi connectivity index (χ2n) is 11.2. The molecule has 1 aromatic heterocycles. The van der Waals surface area contributed by atoms with Crippen LogP contribution in [0.2, 0.25) is 0 Å². The van der Waals surface area contributed by atoms with Crippen LogP contribution >= 0.6 is 0 Å². The molecule has 4 aromatic rings. The van der Waals surface area contributed by atoms with Gasteiger partial charge in [-0.1, -0.05) is 48.5 Å². The second kappa shape index (κ2) is 15.4. The van der Waals surface area contributed by atoms with Crippen LogP contribution in [0.4, 0.5) is 16.3 Å². The Hall–Kier alpha value is -4.67. The Balaban J connectivity index is 1.35. The van der Waals surface area contributed by atoms with E-state index in [-0.39, 0.29) is 12.6 Å². The summed E-state index contributed by atoms with van der Waals surface area (Å²) in [6.45, 7) is 9.76. The normalized spacial score (nSPS) is 14.4. The van der Waals surface area contributed by atoms with Crippen LogP contribution in [-0.4, -0.2) is 85.9 Å². The van der Waals surface area contributed by atoms with Crippen molar-refractivity contribution < 1.29 is 19.0 Å². The van der Waals surface area contributed by atoms with Crippen molar-refractivity contribution in [2.45, 2.75) is 19.9 Å². The standard InChI is InChI=1S/C35H42N6O4/c1-26-9-8-10-27(2)34(26)45-35(42)41(33-15-16-36-25-37-33)24-30(28-11-6-5-7-12-28)38-29-13-14-31(32(23-29)43-4)44-22-21-40-19-17-39(3)18-20-40/h5-16,23,25,30,38H,17-22,24H2,1-4H3. The second-order valence-corrected chi connectivity index (χ2v) is 11.2. The number of aromatic nitrogens is 2. The number of ether oxygens (including phenoxy) is 3. The first-order valence-electron chi connectivity index (χ1n) is 15.3. The fourth-order valence-corrected chi connectivity index (χ4v) is 5.34. The summed E-state index contributed by atoms with van der Waals surface area (Å²) < 4.78 is 17.8.